The van der Waals surface area contributed by atoms with E-state index in [4.69, 9.17) is 11.6 Å². The summed E-state index contributed by atoms with van der Waals surface area (Å²) >= 11 is 4.76. The quantitative estimate of drug-likeness (QED) is 0.570. The Balaban J connectivity index is 0.000000354. The molecule has 0 fully saturated rings. The van der Waals surface area contributed by atoms with Crippen molar-refractivity contribution in [3.8, 4) is 0 Å². The Morgan fingerprint density at radius 3 is 1.33 bits per heavy atom. The fraction of sp³-hybridized carbons (Fsp3) is 0.273. The maximum atomic E-state index is 4.76. The zero-order valence-corrected chi connectivity index (χ0v) is 8.65. The van der Waals surface area contributed by atoms with Crippen LogP contribution in [-0.2, 0) is 0 Å². The van der Waals surface area contributed by atoms with Gasteiger partial charge in [-0.2, -0.15) is 0 Å². The van der Waals surface area contributed by atoms with E-state index in [1.54, 1.807) is 0 Å². The van der Waals surface area contributed by atoms with Crippen molar-refractivity contribution in [3.63, 3.8) is 0 Å². The van der Waals surface area contributed by atoms with Crippen molar-refractivity contribution in [2.45, 2.75) is 20.8 Å². The van der Waals surface area contributed by atoms with Gasteiger partial charge in [-0.3, -0.25) is 0 Å². The topological polar surface area (TPSA) is 0 Å². The van der Waals surface area contributed by atoms with Crippen molar-refractivity contribution in [1.82, 2.24) is 0 Å². The van der Waals surface area contributed by atoms with E-state index in [1.807, 2.05) is 0 Å². The molecule has 1 rings (SSSR count). The van der Waals surface area contributed by atoms with Crippen LogP contribution in [0.4, 0.5) is 0 Å². The average Bonchev–Trinajstić information content (AvgIpc) is 1.84. The molecule has 1 aromatic carbocycles. The molecule has 66 valence electrons. The number of benzene rings is 1. The third-order valence-electron chi connectivity index (χ3n) is 1.37. The van der Waals surface area contributed by atoms with Gasteiger partial charge in [-0.05, 0) is 26.3 Å². The van der Waals surface area contributed by atoms with Crippen LogP contribution < -0.4 is 0 Å². The molecule has 0 aliphatic heterocycles. The van der Waals surface area contributed by atoms with E-state index < -0.39 is 0 Å². The third kappa shape index (κ3) is 4.97. The van der Waals surface area contributed by atoms with Crippen LogP contribution in [0.5, 0.6) is 0 Å². The van der Waals surface area contributed by atoms with Gasteiger partial charge in [0.05, 0.1) is 0 Å². The van der Waals surface area contributed by atoms with E-state index >= 15 is 0 Å². The molecule has 0 saturated heterocycles. The number of hydrogen-bond donors (Lipinski definition) is 0. The zero-order chi connectivity index (χ0) is 9.56. The molecular weight excluding hydrogens is 168 g/mol. The van der Waals surface area contributed by atoms with Crippen molar-refractivity contribution in [2.75, 3.05) is 0 Å². The van der Waals surface area contributed by atoms with E-state index in [-0.39, 0.29) is 0 Å². The maximum Gasteiger partial charge on any atom is -0.00296 e. The van der Waals surface area contributed by atoms with Gasteiger partial charge in [0.2, 0.25) is 0 Å². The van der Waals surface area contributed by atoms with Gasteiger partial charge in [0.15, 0.2) is 0 Å². The fourth-order valence-corrected chi connectivity index (χ4v) is 1.20. The Bertz CT molecular complexity index is 201. The minimum Gasteiger partial charge on any atom is -0.0936 e. The highest BCUT2D eigenvalue weighted by atomic mass is 35.5. The van der Waals surface area contributed by atoms with Crippen molar-refractivity contribution in [1.29, 1.82) is 0 Å². The first kappa shape index (κ1) is 11.2. The van der Waals surface area contributed by atoms with Gasteiger partial charge >= 0.3 is 0 Å². The molecule has 0 aliphatic rings. The molecular formula is C11H15Cl. The molecule has 0 atom stereocenters. The highest BCUT2D eigenvalue weighted by Crippen LogP contribution is 2.06. The molecule has 12 heavy (non-hydrogen) atoms. The van der Waals surface area contributed by atoms with Crippen LogP contribution in [0.15, 0.2) is 30.3 Å². The van der Waals surface area contributed by atoms with Crippen molar-refractivity contribution in [2.24, 2.45) is 0 Å². The Morgan fingerprint density at radius 1 is 1.00 bits per heavy atom. The highest BCUT2D eigenvalue weighted by Gasteiger charge is 1.87. The van der Waals surface area contributed by atoms with E-state index in [0.717, 1.165) is 0 Å². The first-order chi connectivity index (χ1) is 5.60. The molecule has 0 aliphatic carbocycles. The molecule has 0 saturated carbocycles. The first-order valence-electron chi connectivity index (χ1n) is 3.86. The van der Waals surface area contributed by atoms with Crippen LogP contribution in [0.2, 0.25) is 0 Å². The van der Waals surface area contributed by atoms with Crippen molar-refractivity contribution in [3.05, 3.63) is 47.0 Å². The summed E-state index contributed by atoms with van der Waals surface area (Å²) in [6.07, 6.45) is 0. The number of aryl methyl sites for hydroxylation is 3. The molecule has 0 heterocycles. The second-order valence-corrected chi connectivity index (χ2v) is 3.13. The van der Waals surface area contributed by atoms with Gasteiger partial charge < -0.3 is 0 Å². The summed E-state index contributed by atoms with van der Waals surface area (Å²) in [5.41, 5.74) is 5.28. The Labute approximate surface area is 79.9 Å². The van der Waals surface area contributed by atoms with Gasteiger partial charge in [0, 0.05) is 0 Å². The number of rotatable bonds is 0. The average molecular weight is 183 g/mol. The second kappa shape index (κ2) is 5.84. The summed E-state index contributed by atoms with van der Waals surface area (Å²) in [4.78, 5) is 0. The normalized spacial score (nSPS) is 8.33. The molecule has 0 unspecified atom stereocenters. The van der Waals surface area contributed by atoms with E-state index in [1.165, 1.54) is 22.2 Å². The Morgan fingerprint density at radius 2 is 1.17 bits per heavy atom. The van der Waals surface area contributed by atoms with Crippen LogP contribution in [0.3, 0.4) is 0 Å². The summed E-state index contributed by atoms with van der Waals surface area (Å²) in [5.74, 6) is 0. The first-order valence-corrected chi connectivity index (χ1v) is 4.29. The lowest BCUT2D eigenvalue weighted by Gasteiger charge is -1.96. The molecule has 0 radical (unpaired) electrons. The second-order valence-electron chi connectivity index (χ2n) is 2.82. The minimum absolute atomic E-state index is 1.22. The van der Waals surface area contributed by atoms with E-state index in [9.17, 15) is 0 Å². The van der Waals surface area contributed by atoms with Crippen LogP contribution in [0, 0.1) is 20.8 Å². The summed E-state index contributed by atoms with van der Waals surface area (Å²) in [7, 11) is 0. The van der Waals surface area contributed by atoms with Crippen LogP contribution in [-0.4, -0.2) is 0 Å². The third-order valence-corrected chi connectivity index (χ3v) is 1.37. The van der Waals surface area contributed by atoms with Gasteiger partial charge in [-0.15, -0.1) is 0 Å². The predicted molar refractivity (Wildman–Crippen MR) is 56.7 cm³/mol. The number of halogens is 1. The van der Waals surface area contributed by atoms with Crippen molar-refractivity contribution < 1.29 is 0 Å². The summed E-state index contributed by atoms with van der Waals surface area (Å²) < 4.78 is 0. The fourth-order valence-electron chi connectivity index (χ4n) is 1.20. The van der Waals surface area contributed by atoms with Crippen molar-refractivity contribution >= 4 is 11.6 Å². The molecule has 0 bridgehead atoms. The molecule has 1 aromatic rings. The summed E-state index contributed by atoms with van der Waals surface area (Å²) in [6, 6.07) is 6.56. The monoisotopic (exact) mass is 182 g/mol. The standard InChI is InChI=1S/C9H12.C2H3Cl/c1-7-4-8(2)6-9(3)5-7;1-2-3/h4-6H,1-3H3;2H,1H2. The molecule has 1 heteroatoms. The minimum atomic E-state index is 1.22. The lowest BCUT2D eigenvalue weighted by molar-refractivity contribution is 1.32. The van der Waals surface area contributed by atoms with Gasteiger partial charge in [-0.25, -0.2) is 0 Å². The molecule has 0 N–H and O–H groups in total. The van der Waals surface area contributed by atoms with Gasteiger partial charge in [0.1, 0.15) is 0 Å². The Hall–Kier alpha value is -0.750. The van der Waals surface area contributed by atoms with E-state index in [2.05, 4.69) is 45.5 Å². The maximum absolute atomic E-state index is 4.76. The summed E-state index contributed by atoms with van der Waals surface area (Å²) in [6.45, 7) is 9.50. The number of hydrogen-bond acceptors (Lipinski definition) is 0. The van der Waals surface area contributed by atoms with Gasteiger partial charge in [-0.1, -0.05) is 53.1 Å². The predicted octanol–water partition coefficient (Wildman–Crippen LogP) is 3.98. The molecule has 0 amide bonds. The highest BCUT2D eigenvalue weighted by molar-refractivity contribution is 6.25. The lowest BCUT2D eigenvalue weighted by Crippen LogP contribution is -1.78. The smallest absolute Gasteiger partial charge is 0.00296 e. The molecule has 0 spiro atoms. The SMILES string of the molecule is C=CCl.Cc1cc(C)cc(C)c1. The molecule has 0 nitrogen and oxygen atoms in total. The lowest BCUT2D eigenvalue weighted by atomic mass is 10.1. The largest absolute Gasteiger partial charge is 0.0936 e. The van der Waals surface area contributed by atoms with Gasteiger partial charge in [0.25, 0.3) is 0 Å². The van der Waals surface area contributed by atoms with Crippen LogP contribution in [0.25, 0.3) is 0 Å². The van der Waals surface area contributed by atoms with Crippen LogP contribution >= 0.6 is 11.6 Å². The van der Waals surface area contributed by atoms with E-state index in [0.29, 0.717) is 0 Å². The summed E-state index contributed by atoms with van der Waals surface area (Å²) in [5, 5.41) is 0. The zero-order valence-electron chi connectivity index (χ0n) is 7.89. The molecule has 0 aromatic heterocycles. The van der Waals surface area contributed by atoms with Crippen LogP contribution in [0.1, 0.15) is 16.7 Å². The Kier molecular flexibility index (Phi) is 5.48.